The molecule has 0 aromatic heterocycles. The zero-order valence-corrected chi connectivity index (χ0v) is 11.8. The SMILES string of the molecule is CN(C)CCCc1c(OC(F)F)ccc2ccccc12. The van der Waals surface area contributed by atoms with Crippen LogP contribution in [0.1, 0.15) is 12.0 Å². The van der Waals surface area contributed by atoms with E-state index in [0.717, 1.165) is 35.7 Å². The molecule has 0 saturated heterocycles. The predicted octanol–water partition coefficient (Wildman–Crippen LogP) is 3.94. The fourth-order valence-corrected chi connectivity index (χ4v) is 2.35. The second kappa shape index (κ2) is 6.66. The second-order valence-electron chi connectivity index (χ2n) is 5.05. The van der Waals surface area contributed by atoms with E-state index in [0.29, 0.717) is 0 Å². The average Bonchev–Trinajstić information content (AvgIpc) is 2.40. The van der Waals surface area contributed by atoms with E-state index in [1.807, 2.05) is 44.4 Å². The summed E-state index contributed by atoms with van der Waals surface area (Å²) in [7, 11) is 4.00. The number of alkyl halides is 2. The summed E-state index contributed by atoms with van der Waals surface area (Å²) < 4.78 is 29.7. The molecule has 0 aliphatic heterocycles. The highest BCUT2D eigenvalue weighted by atomic mass is 19.3. The molecule has 0 aliphatic rings. The zero-order valence-electron chi connectivity index (χ0n) is 11.8. The summed E-state index contributed by atoms with van der Waals surface area (Å²) in [4.78, 5) is 2.08. The molecule has 0 saturated carbocycles. The highest BCUT2D eigenvalue weighted by molar-refractivity contribution is 5.87. The molecule has 2 aromatic rings. The Kier molecular flexibility index (Phi) is 4.90. The third-order valence-electron chi connectivity index (χ3n) is 3.25. The van der Waals surface area contributed by atoms with Crippen LogP contribution in [0.15, 0.2) is 36.4 Å². The summed E-state index contributed by atoms with van der Waals surface area (Å²) in [5.41, 5.74) is 0.866. The number of nitrogens with zero attached hydrogens (tertiary/aromatic N) is 1. The molecule has 0 spiro atoms. The van der Waals surface area contributed by atoms with Gasteiger partial charge in [-0.25, -0.2) is 0 Å². The summed E-state index contributed by atoms with van der Waals surface area (Å²) in [5.74, 6) is 0.289. The highest BCUT2D eigenvalue weighted by Gasteiger charge is 2.12. The lowest BCUT2D eigenvalue weighted by Crippen LogP contribution is -2.14. The van der Waals surface area contributed by atoms with E-state index in [1.165, 1.54) is 0 Å². The third kappa shape index (κ3) is 3.67. The zero-order chi connectivity index (χ0) is 14.5. The molecule has 0 atom stereocenters. The number of rotatable bonds is 6. The van der Waals surface area contributed by atoms with Crippen LogP contribution < -0.4 is 4.74 Å². The van der Waals surface area contributed by atoms with E-state index in [-0.39, 0.29) is 5.75 Å². The fraction of sp³-hybridized carbons (Fsp3) is 0.375. The number of hydrogen-bond donors (Lipinski definition) is 0. The molecule has 2 nitrogen and oxygen atoms in total. The van der Waals surface area contributed by atoms with Gasteiger partial charge in [-0.2, -0.15) is 8.78 Å². The molecule has 0 amide bonds. The van der Waals surface area contributed by atoms with Crippen molar-refractivity contribution in [2.24, 2.45) is 0 Å². The number of aryl methyl sites for hydroxylation is 1. The average molecular weight is 279 g/mol. The number of halogens is 2. The number of benzene rings is 2. The topological polar surface area (TPSA) is 12.5 Å². The Hall–Kier alpha value is -1.68. The van der Waals surface area contributed by atoms with E-state index in [2.05, 4.69) is 9.64 Å². The van der Waals surface area contributed by atoms with Gasteiger partial charge in [0.15, 0.2) is 0 Å². The lowest BCUT2D eigenvalue weighted by molar-refractivity contribution is -0.0503. The molecular formula is C16H19F2NO. The number of ether oxygens (including phenoxy) is 1. The first-order valence-electron chi connectivity index (χ1n) is 6.68. The van der Waals surface area contributed by atoms with Gasteiger partial charge in [0.25, 0.3) is 0 Å². The van der Waals surface area contributed by atoms with E-state index in [1.54, 1.807) is 6.07 Å². The largest absolute Gasteiger partial charge is 0.435 e. The summed E-state index contributed by atoms with van der Waals surface area (Å²) >= 11 is 0. The van der Waals surface area contributed by atoms with Gasteiger partial charge in [-0.1, -0.05) is 30.3 Å². The predicted molar refractivity (Wildman–Crippen MR) is 77.5 cm³/mol. The minimum absolute atomic E-state index is 0.289. The second-order valence-corrected chi connectivity index (χ2v) is 5.05. The molecule has 108 valence electrons. The van der Waals surface area contributed by atoms with Crippen LogP contribution in [0.25, 0.3) is 10.8 Å². The van der Waals surface area contributed by atoms with Gasteiger partial charge < -0.3 is 9.64 Å². The molecule has 0 radical (unpaired) electrons. The maximum atomic E-state index is 12.5. The molecule has 0 aliphatic carbocycles. The quantitative estimate of drug-likeness (QED) is 0.794. The molecule has 2 aromatic carbocycles. The van der Waals surface area contributed by atoms with Crippen molar-refractivity contribution in [1.82, 2.24) is 4.90 Å². The molecule has 0 N–H and O–H groups in total. The van der Waals surface area contributed by atoms with Crippen molar-refractivity contribution >= 4 is 10.8 Å². The smallest absolute Gasteiger partial charge is 0.387 e. The van der Waals surface area contributed by atoms with Crippen LogP contribution in [0.3, 0.4) is 0 Å². The maximum Gasteiger partial charge on any atom is 0.387 e. The molecule has 2 rings (SSSR count). The molecule has 4 heteroatoms. The van der Waals surface area contributed by atoms with Crippen LogP contribution in [-0.2, 0) is 6.42 Å². The minimum Gasteiger partial charge on any atom is -0.435 e. The van der Waals surface area contributed by atoms with Crippen LogP contribution in [-0.4, -0.2) is 32.2 Å². The van der Waals surface area contributed by atoms with Gasteiger partial charge in [-0.15, -0.1) is 0 Å². The van der Waals surface area contributed by atoms with E-state index in [4.69, 9.17) is 0 Å². The third-order valence-corrected chi connectivity index (χ3v) is 3.25. The monoisotopic (exact) mass is 279 g/mol. The first-order chi connectivity index (χ1) is 9.58. The van der Waals surface area contributed by atoms with E-state index in [9.17, 15) is 8.78 Å². The van der Waals surface area contributed by atoms with Crippen molar-refractivity contribution < 1.29 is 13.5 Å². The molecule has 0 unspecified atom stereocenters. The van der Waals surface area contributed by atoms with Crippen LogP contribution in [0.4, 0.5) is 8.78 Å². The Labute approximate surface area is 118 Å². The van der Waals surface area contributed by atoms with Crippen LogP contribution >= 0.6 is 0 Å². The van der Waals surface area contributed by atoms with Crippen LogP contribution in [0, 0.1) is 0 Å². The van der Waals surface area contributed by atoms with Gasteiger partial charge in [-0.3, -0.25) is 0 Å². The summed E-state index contributed by atoms with van der Waals surface area (Å²) in [6, 6.07) is 11.3. The standard InChI is InChI=1S/C16H19F2NO/c1-19(2)11-5-8-14-13-7-4-3-6-12(13)9-10-15(14)20-16(17)18/h3-4,6-7,9-10,16H,5,8,11H2,1-2H3. The van der Waals surface area contributed by atoms with Gasteiger partial charge in [0.1, 0.15) is 5.75 Å². The number of hydrogen-bond acceptors (Lipinski definition) is 2. The van der Waals surface area contributed by atoms with Crippen LogP contribution in [0.2, 0.25) is 0 Å². The first kappa shape index (κ1) is 14.7. The van der Waals surface area contributed by atoms with Gasteiger partial charge in [-0.05, 0) is 50.3 Å². The Balaban J connectivity index is 2.34. The minimum atomic E-state index is -2.79. The van der Waals surface area contributed by atoms with Crippen molar-refractivity contribution in [3.8, 4) is 5.75 Å². The Morgan fingerprint density at radius 3 is 2.55 bits per heavy atom. The van der Waals surface area contributed by atoms with Gasteiger partial charge >= 0.3 is 6.61 Å². The Morgan fingerprint density at radius 1 is 1.10 bits per heavy atom. The van der Waals surface area contributed by atoms with Crippen LogP contribution in [0.5, 0.6) is 5.75 Å². The summed E-state index contributed by atoms with van der Waals surface area (Å²) in [6.45, 7) is -1.87. The van der Waals surface area contributed by atoms with Crippen molar-refractivity contribution in [2.75, 3.05) is 20.6 Å². The lowest BCUT2D eigenvalue weighted by atomic mass is 9.99. The van der Waals surface area contributed by atoms with Crippen molar-refractivity contribution in [3.63, 3.8) is 0 Å². The molecular weight excluding hydrogens is 260 g/mol. The van der Waals surface area contributed by atoms with Crippen molar-refractivity contribution in [3.05, 3.63) is 42.0 Å². The van der Waals surface area contributed by atoms with Gasteiger partial charge in [0.2, 0.25) is 0 Å². The first-order valence-corrected chi connectivity index (χ1v) is 6.68. The highest BCUT2D eigenvalue weighted by Crippen LogP contribution is 2.30. The van der Waals surface area contributed by atoms with E-state index >= 15 is 0 Å². The van der Waals surface area contributed by atoms with Gasteiger partial charge in [0.05, 0.1) is 0 Å². The maximum absolute atomic E-state index is 12.5. The molecule has 0 bridgehead atoms. The normalized spacial score (nSPS) is 11.5. The van der Waals surface area contributed by atoms with Gasteiger partial charge in [0, 0.05) is 5.56 Å². The molecule has 0 fully saturated rings. The molecule has 0 heterocycles. The summed E-state index contributed by atoms with van der Waals surface area (Å²) in [5, 5.41) is 2.04. The molecule has 20 heavy (non-hydrogen) atoms. The van der Waals surface area contributed by atoms with Crippen molar-refractivity contribution in [1.29, 1.82) is 0 Å². The Bertz CT molecular complexity index is 569. The Morgan fingerprint density at radius 2 is 1.85 bits per heavy atom. The van der Waals surface area contributed by atoms with E-state index < -0.39 is 6.61 Å². The number of fused-ring (bicyclic) bond motifs is 1. The van der Waals surface area contributed by atoms with Crippen molar-refractivity contribution in [2.45, 2.75) is 19.5 Å². The lowest BCUT2D eigenvalue weighted by Gasteiger charge is -2.15. The fourth-order valence-electron chi connectivity index (χ4n) is 2.35. The summed E-state index contributed by atoms with van der Waals surface area (Å²) in [6.07, 6.45) is 1.63.